The smallest absolute Gasteiger partial charge is 0.103 e. The molecule has 10 heavy (non-hydrogen) atoms. The van der Waals surface area contributed by atoms with Gasteiger partial charge >= 0.3 is 0 Å². The van der Waals surface area contributed by atoms with Gasteiger partial charge in [0.1, 0.15) is 4.64 Å². The summed E-state index contributed by atoms with van der Waals surface area (Å²) in [5.41, 5.74) is 0.964. The predicted molar refractivity (Wildman–Crippen MR) is 40.9 cm³/mol. The highest BCUT2D eigenvalue weighted by Gasteiger charge is 1.87. The molecule has 0 aromatic carbocycles. The fourth-order valence-electron chi connectivity index (χ4n) is 0.690. The first-order valence-corrected chi connectivity index (χ1v) is 3.28. The van der Waals surface area contributed by atoms with E-state index in [4.69, 9.17) is 17.5 Å². The molecule has 1 N–H and O–H groups in total. The van der Waals surface area contributed by atoms with Gasteiger partial charge in [-0.3, -0.25) is 0 Å². The Kier molecular flexibility index (Phi) is 2.19. The van der Waals surface area contributed by atoms with E-state index in [0.717, 1.165) is 5.56 Å². The van der Waals surface area contributed by atoms with Crippen molar-refractivity contribution in [3.63, 3.8) is 0 Å². The molecule has 1 aromatic heterocycles. The maximum Gasteiger partial charge on any atom is 0.103 e. The quantitative estimate of drug-likeness (QED) is 0.620. The summed E-state index contributed by atoms with van der Waals surface area (Å²) in [5, 5.41) is 8.32. The van der Waals surface area contributed by atoms with Gasteiger partial charge in [-0.25, -0.2) is 0 Å². The fourth-order valence-corrected chi connectivity index (χ4v) is 0.910. The Morgan fingerprint density at radius 2 is 2.50 bits per heavy atom. The van der Waals surface area contributed by atoms with Crippen molar-refractivity contribution in [2.75, 3.05) is 0 Å². The van der Waals surface area contributed by atoms with Crippen LogP contribution in [0.25, 0.3) is 0 Å². The van der Waals surface area contributed by atoms with Crippen LogP contribution < -0.4 is 0 Å². The number of nitrogens with one attached hydrogen (secondary N) is 1. The molecule has 3 heteroatoms. The summed E-state index contributed by atoms with van der Waals surface area (Å²) >= 11 is 4.85. The van der Waals surface area contributed by atoms with Crippen molar-refractivity contribution in [3.8, 4) is 6.07 Å². The van der Waals surface area contributed by atoms with Gasteiger partial charge in [-0.15, -0.1) is 0 Å². The van der Waals surface area contributed by atoms with E-state index in [1.165, 1.54) is 0 Å². The molecule has 2 nitrogen and oxygen atoms in total. The van der Waals surface area contributed by atoms with Gasteiger partial charge in [0.2, 0.25) is 0 Å². The second kappa shape index (κ2) is 3.14. The highest BCUT2D eigenvalue weighted by molar-refractivity contribution is 7.71. The first-order valence-electron chi connectivity index (χ1n) is 2.87. The lowest BCUT2D eigenvalue weighted by atomic mass is 10.2. The maximum absolute atomic E-state index is 8.32. The summed E-state index contributed by atoms with van der Waals surface area (Å²) in [6, 6.07) is 5.69. The van der Waals surface area contributed by atoms with Crippen LogP contribution in [0.5, 0.6) is 0 Å². The Hall–Kier alpha value is -1.14. The molecular formula is C7H6N2S. The molecule has 0 aliphatic rings. The van der Waals surface area contributed by atoms with E-state index in [2.05, 4.69) is 11.1 Å². The molecule has 1 aromatic rings. The lowest BCUT2D eigenvalue weighted by Crippen LogP contribution is -1.81. The summed E-state index contributed by atoms with van der Waals surface area (Å²) in [6.07, 6.45) is 2.17. The number of hydrogen-bond acceptors (Lipinski definition) is 2. The van der Waals surface area contributed by atoms with Crippen molar-refractivity contribution < 1.29 is 0 Å². The minimum Gasteiger partial charge on any atom is -0.353 e. The molecule has 0 amide bonds. The van der Waals surface area contributed by atoms with Gasteiger partial charge in [0.25, 0.3) is 0 Å². The topological polar surface area (TPSA) is 39.6 Å². The molecule has 0 unspecified atom stereocenters. The average Bonchev–Trinajstić information content (AvgIpc) is 1.88. The van der Waals surface area contributed by atoms with Crippen LogP contribution in [-0.2, 0) is 6.42 Å². The van der Waals surface area contributed by atoms with Crippen LogP contribution in [0.2, 0.25) is 0 Å². The van der Waals surface area contributed by atoms with Crippen LogP contribution in [0.4, 0.5) is 0 Å². The Labute approximate surface area is 64.1 Å². The molecule has 1 heterocycles. The van der Waals surface area contributed by atoms with Crippen LogP contribution in [0, 0.1) is 16.0 Å². The minimum absolute atomic E-state index is 0.429. The van der Waals surface area contributed by atoms with Gasteiger partial charge in [0.05, 0.1) is 12.5 Å². The van der Waals surface area contributed by atoms with Gasteiger partial charge in [-0.05, 0) is 17.7 Å². The normalized spacial score (nSPS) is 8.70. The second-order valence-corrected chi connectivity index (χ2v) is 2.34. The van der Waals surface area contributed by atoms with E-state index in [9.17, 15) is 0 Å². The summed E-state index contributed by atoms with van der Waals surface area (Å²) in [7, 11) is 0. The number of nitriles is 1. The third kappa shape index (κ3) is 1.67. The highest BCUT2D eigenvalue weighted by Crippen LogP contribution is 1.97. The maximum atomic E-state index is 8.32. The molecular weight excluding hydrogens is 144 g/mol. The number of aromatic nitrogens is 1. The van der Waals surface area contributed by atoms with Gasteiger partial charge < -0.3 is 4.98 Å². The summed E-state index contributed by atoms with van der Waals surface area (Å²) in [6.45, 7) is 0. The molecule has 50 valence electrons. The van der Waals surface area contributed by atoms with Crippen LogP contribution in [0.3, 0.4) is 0 Å². The largest absolute Gasteiger partial charge is 0.353 e. The van der Waals surface area contributed by atoms with E-state index in [-0.39, 0.29) is 0 Å². The Balaban J connectivity index is 2.98. The fraction of sp³-hybridized carbons (Fsp3) is 0.143. The molecule has 0 bridgehead atoms. The molecule has 0 fully saturated rings. The van der Waals surface area contributed by atoms with Crippen molar-refractivity contribution in [2.24, 2.45) is 0 Å². The van der Waals surface area contributed by atoms with Crippen LogP contribution in [0.15, 0.2) is 18.3 Å². The predicted octanol–water partition coefficient (Wildman–Crippen LogP) is 1.81. The summed E-state index contributed by atoms with van der Waals surface area (Å²) in [5.74, 6) is 0. The van der Waals surface area contributed by atoms with Gasteiger partial charge in [-0.2, -0.15) is 5.26 Å². The summed E-state index contributed by atoms with van der Waals surface area (Å²) in [4.78, 5) is 2.84. The zero-order chi connectivity index (χ0) is 7.40. The number of aromatic amines is 1. The van der Waals surface area contributed by atoms with E-state index >= 15 is 0 Å². The second-order valence-electron chi connectivity index (χ2n) is 1.90. The first kappa shape index (κ1) is 6.97. The highest BCUT2D eigenvalue weighted by atomic mass is 32.1. The Morgan fingerprint density at radius 3 is 3.10 bits per heavy atom. The zero-order valence-corrected chi connectivity index (χ0v) is 6.11. The SMILES string of the molecule is N#CCc1cc[nH]c(=S)c1. The average molecular weight is 150 g/mol. The minimum atomic E-state index is 0.429. The van der Waals surface area contributed by atoms with Crippen molar-refractivity contribution in [3.05, 3.63) is 28.5 Å². The molecule has 0 atom stereocenters. The van der Waals surface area contributed by atoms with Crippen molar-refractivity contribution >= 4 is 12.2 Å². The number of H-pyrrole nitrogens is 1. The lowest BCUT2D eigenvalue weighted by Gasteiger charge is -1.90. The van der Waals surface area contributed by atoms with E-state index in [0.29, 0.717) is 11.1 Å². The van der Waals surface area contributed by atoms with E-state index in [1.807, 2.05) is 6.07 Å². The molecule has 0 aliphatic heterocycles. The Bertz CT molecular complexity index is 308. The molecule has 0 saturated heterocycles. The molecule has 1 rings (SSSR count). The lowest BCUT2D eigenvalue weighted by molar-refractivity contribution is 1.20. The molecule has 0 radical (unpaired) electrons. The molecule has 0 saturated carbocycles. The number of rotatable bonds is 1. The number of pyridine rings is 1. The number of nitrogens with zero attached hydrogens (tertiary/aromatic N) is 1. The van der Waals surface area contributed by atoms with Crippen molar-refractivity contribution in [2.45, 2.75) is 6.42 Å². The van der Waals surface area contributed by atoms with Crippen LogP contribution in [-0.4, -0.2) is 4.98 Å². The Morgan fingerprint density at radius 1 is 1.70 bits per heavy atom. The van der Waals surface area contributed by atoms with Gasteiger partial charge in [0, 0.05) is 6.20 Å². The van der Waals surface area contributed by atoms with Crippen molar-refractivity contribution in [1.29, 1.82) is 5.26 Å². The van der Waals surface area contributed by atoms with Gasteiger partial charge in [-0.1, -0.05) is 12.2 Å². The number of hydrogen-bond donors (Lipinski definition) is 1. The third-order valence-corrected chi connectivity index (χ3v) is 1.36. The monoisotopic (exact) mass is 150 g/mol. The van der Waals surface area contributed by atoms with Crippen LogP contribution in [0.1, 0.15) is 5.56 Å². The van der Waals surface area contributed by atoms with E-state index < -0.39 is 0 Å². The van der Waals surface area contributed by atoms with Crippen LogP contribution >= 0.6 is 12.2 Å². The third-order valence-electron chi connectivity index (χ3n) is 1.12. The van der Waals surface area contributed by atoms with E-state index in [1.54, 1.807) is 12.3 Å². The standard InChI is InChI=1S/C7H6N2S/c8-3-1-6-2-4-9-7(10)5-6/h2,4-5H,1H2,(H,9,10). The molecule has 0 spiro atoms. The van der Waals surface area contributed by atoms with Gasteiger partial charge in [0.15, 0.2) is 0 Å². The summed E-state index contributed by atoms with van der Waals surface area (Å²) < 4.78 is 0.674. The zero-order valence-electron chi connectivity index (χ0n) is 5.29. The molecule has 0 aliphatic carbocycles. The first-order chi connectivity index (χ1) is 4.83. The van der Waals surface area contributed by atoms with Crippen molar-refractivity contribution in [1.82, 2.24) is 4.98 Å².